The molecule has 2 saturated heterocycles. The Kier molecular flexibility index (Phi) is 8.69. The first-order chi connectivity index (χ1) is 14.6. The summed E-state index contributed by atoms with van der Waals surface area (Å²) in [7, 11) is 1.86. The van der Waals surface area contributed by atoms with E-state index in [2.05, 4.69) is 54.1 Å². The minimum Gasteiger partial charge on any atom is -0.356 e. The van der Waals surface area contributed by atoms with Crippen LogP contribution in [0.4, 0.5) is 5.95 Å². The van der Waals surface area contributed by atoms with Gasteiger partial charge >= 0.3 is 0 Å². The predicted molar refractivity (Wildman–Crippen MR) is 124 cm³/mol. The highest BCUT2D eigenvalue weighted by Gasteiger charge is 2.27. The third kappa shape index (κ3) is 6.80. The second-order valence-corrected chi connectivity index (χ2v) is 8.94. The number of piperidine rings is 1. The molecule has 2 aliphatic heterocycles. The zero-order chi connectivity index (χ0) is 21.2. The molecule has 3 rings (SSSR count). The maximum Gasteiger partial charge on any atom is 0.225 e. The SMILES string of the molecule is CN=C(NCCCN1CCN(c2ncccn2)CC1)NCC(C)(C)N1CCCCC1. The van der Waals surface area contributed by atoms with E-state index in [1.165, 1.54) is 32.4 Å². The molecule has 0 unspecified atom stereocenters. The van der Waals surface area contributed by atoms with E-state index in [1.54, 1.807) is 0 Å². The molecule has 1 aromatic rings. The molecule has 2 aliphatic rings. The minimum absolute atomic E-state index is 0.153. The Balaban J connectivity index is 1.30. The fraction of sp³-hybridized carbons (Fsp3) is 0.773. The van der Waals surface area contributed by atoms with Crippen LogP contribution >= 0.6 is 0 Å². The highest BCUT2D eigenvalue weighted by molar-refractivity contribution is 5.79. The Morgan fingerprint density at radius 1 is 1.00 bits per heavy atom. The molecule has 0 amide bonds. The Bertz CT molecular complexity index is 634. The summed E-state index contributed by atoms with van der Waals surface area (Å²) in [5.74, 6) is 1.76. The lowest BCUT2D eigenvalue weighted by Crippen LogP contribution is -2.55. The van der Waals surface area contributed by atoms with Gasteiger partial charge in [0.1, 0.15) is 0 Å². The zero-order valence-corrected chi connectivity index (χ0v) is 19.1. The van der Waals surface area contributed by atoms with Gasteiger partial charge in [-0.2, -0.15) is 0 Å². The zero-order valence-electron chi connectivity index (χ0n) is 19.1. The summed E-state index contributed by atoms with van der Waals surface area (Å²) in [6, 6.07) is 1.87. The molecule has 0 aromatic carbocycles. The summed E-state index contributed by atoms with van der Waals surface area (Å²) in [5.41, 5.74) is 0.153. The van der Waals surface area contributed by atoms with Gasteiger partial charge in [-0.05, 0) is 58.8 Å². The van der Waals surface area contributed by atoms with E-state index in [-0.39, 0.29) is 5.54 Å². The minimum atomic E-state index is 0.153. The van der Waals surface area contributed by atoms with Crippen LogP contribution in [-0.4, -0.2) is 97.2 Å². The molecule has 0 aliphatic carbocycles. The first-order valence-corrected chi connectivity index (χ1v) is 11.5. The summed E-state index contributed by atoms with van der Waals surface area (Å²) in [6.45, 7) is 14.2. The van der Waals surface area contributed by atoms with E-state index in [4.69, 9.17) is 0 Å². The van der Waals surface area contributed by atoms with Gasteiger partial charge in [-0.15, -0.1) is 0 Å². The van der Waals surface area contributed by atoms with Gasteiger partial charge in [-0.3, -0.25) is 14.8 Å². The lowest BCUT2D eigenvalue weighted by atomic mass is 9.98. The van der Waals surface area contributed by atoms with Gasteiger partial charge in [0.2, 0.25) is 5.95 Å². The number of hydrogen-bond donors (Lipinski definition) is 2. The third-order valence-electron chi connectivity index (χ3n) is 6.28. The van der Waals surface area contributed by atoms with E-state index in [0.717, 1.165) is 64.1 Å². The molecule has 0 bridgehead atoms. The van der Waals surface area contributed by atoms with Crippen LogP contribution in [0, 0.1) is 0 Å². The Hall–Kier alpha value is -1.93. The van der Waals surface area contributed by atoms with Gasteiger partial charge < -0.3 is 15.5 Å². The number of anilines is 1. The lowest BCUT2D eigenvalue weighted by molar-refractivity contribution is 0.0982. The van der Waals surface area contributed by atoms with E-state index in [0.29, 0.717) is 0 Å². The van der Waals surface area contributed by atoms with Crippen molar-refractivity contribution in [2.75, 3.05) is 70.9 Å². The van der Waals surface area contributed by atoms with Crippen LogP contribution in [0.25, 0.3) is 0 Å². The van der Waals surface area contributed by atoms with Crippen molar-refractivity contribution >= 4 is 11.9 Å². The lowest BCUT2D eigenvalue weighted by Gasteiger charge is -2.41. The van der Waals surface area contributed by atoms with Crippen molar-refractivity contribution in [1.29, 1.82) is 0 Å². The van der Waals surface area contributed by atoms with Crippen LogP contribution in [0.1, 0.15) is 39.5 Å². The number of aliphatic imine (C=N–C) groups is 1. The number of aromatic nitrogens is 2. The average molecular weight is 417 g/mol. The van der Waals surface area contributed by atoms with Crippen LogP contribution in [0.3, 0.4) is 0 Å². The Morgan fingerprint density at radius 2 is 1.70 bits per heavy atom. The quantitative estimate of drug-likeness (QED) is 0.377. The van der Waals surface area contributed by atoms with Crippen molar-refractivity contribution < 1.29 is 0 Å². The highest BCUT2D eigenvalue weighted by atomic mass is 15.3. The van der Waals surface area contributed by atoms with Gasteiger partial charge in [0.05, 0.1) is 0 Å². The molecular weight excluding hydrogens is 376 g/mol. The fourth-order valence-electron chi connectivity index (χ4n) is 4.27. The van der Waals surface area contributed by atoms with Crippen LogP contribution in [0.15, 0.2) is 23.5 Å². The molecule has 2 N–H and O–H groups in total. The number of hydrogen-bond acceptors (Lipinski definition) is 6. The Labute approximate surface area is 182 Å². The third-order valence-corrected chi connectivity index (χ3v) is 6.28. The van der Waals surface area contributed by atoms with E-state index in [1.807, 2.05) is 25.5 Å². The van der Waals surface area contributed by atoms with Gasteiger partial charge in [0.25, 0.3) is 0 Å². The molecule has 3 heterocycles. The highest BCUT2D eigenvalue weighted by Crippen LogP contribution is 2.19. The molecule has 8 nitrogen and oxygen atoms in total. The first-order valence-electron chi connectivity index (χ1n) is 11.5. The molecule has 1 aromatic heterocycles. The van der Waals surface area contributed by atoms with Gasteiger partial charge in [-0.1, -0.05) is 6.42 Å². The van der Waals surface area contributed by atoms with Gasteiger partial charge in [-0.25, -0.2) is 9.97 Å². The molecule has 0 radical (unpaired) electrons. The fourth-order valence-corrected chi connectivity index (χ4v) is 4.27. The second-order valence-electron chi connectivity index (χ2n) is 8.94. The summed E-state index contributed by atoms with van der Waals surface area (Å²) >= 11 is 0. The smallest absolute Gasteiger partial charge is 0.225 e. The summed E-state index contributed by atoms with van der Waals surface area (Å²) in [6.07, 6.45) is 8.76. The number of guanidine groups is 1. The topological polar surface area (TPSA) is 71.9 Å². The van der Waals surface area contributed by atoms with E-state index >= 15 is 0 Å². The van der Waals surface area contributed by atoms with Crippen molar-refractivity contribution in [1.82, 2.24) is 30.4 Å². The average Bonchev–Trinajstić information content (AvgIpc) is 2.80. The molecule has 168 valence electrons. The Morgan fingerprint density at radius 3 is 2.37 bits per heavy atom. The number of nitrogens with one attached hydrogen (secondary N) is 2. The summed E-state index contributed by atoms with van der Waals surface area (Å²) < 4.78 is 0. The predicted octanol–water partition coefficient (Wildman–Crippen LogP) is 1.42. The molecule has 0 saturated carbocycles. The molecule has 0 spiro atoms. The van der Waals surface area contributed by atoms with E-state index in [9.17, 15) is 0 Å². The van der Waals surface area contributed by atoms with Gasteiger partial charge in [0.15, 0.2) is 5.96 Å². The van der Waals surface area contributed by atoms with Crippen molar-refractivity contribution in [3.05, 3.63) is 18.5 Å². The first kappa shape index (κ1) is 22.7. The second kappa shape index (κ2) is 11.5. The molecule has 8 heteroatoms. The number of nitrogens with zero attached hydrogens (tertiary/aromatic N) is 6. The molecular formula is C22H40N8. The van der Waals surface area contributed by atoms with Crippen molar-refractivity contribution in [2.24, 2.45) is 4.99 Å². The van der Waals surface area contributed by atoms with Crippen molar-refractivity contribution in [2.45, 2.75) is 45.1 Å². The molecule has 2 fully saturated rings. The standard InChI is InChI=1S/C22H40N8/c1-22(2,30-13-5-4-6-14-30)19-27-20(23-3)24-11-8-12-28-15-17-29(18-16-28)21-25-9-7-10-26-21/h7,9-10H,4-6,8,11-19H2,1-3H3,(H2,23,24,27). The summed E-state index contributed by atoms with van der Waals surface area (Å²) in [4.78, 5) is 20.5. The van der Waals surface area contributed by atoms with Crippen LogP contribution in [0.5, 0.6) is 0 Å². The largest absolute Gasteiger partial charge is 0.356 e. The maximum atomic E-state index is 4.41. The number of rotatable bonds is 8. The van der Waals surface area contributed by atoms with Crippen LogP contribution in [0.2, 0.25) is 0 Å². The molecule has 30 heavy (non-hydrogen) atoms. The van der Waals surface area contributed by atoms with Gasteiger partial charge in [0, 0.05) is 64.2 Å². The number of piperazine rings is 1. The van der Waals surface area contributed by atoms with Crippen molar-refractivity contribution in [3.63, 3.8) is 0 Å². The van der Waals surface area contributed by atoms with Crippen molar-refractivity contribution in [3.8, 4) is 0 Å². The van der Waals surface area contributed by atoms with Crippen LogP contribution < -0.4 is 15.5 Å². The molecule has 0 atom stereocenters. The number of likely N-dealkylation sites (tertiary alicyclic amines) is 1. The normalized spacial score (nSPS) is 19.7. The van der Waals surface area contributed by atoms with Crippen LogP contribution in [-0.2, 0) is 0 Å². The summed E-state index contributed by atoms with van der Waals surface area (Å²) in [5, 5.41) is 7.01. The maximum absolute atomic E-state index is 4.41. The van der Waals surface area contributed by atoms with E-state index < -0.39 is 0 Å². The monoisotopic (exact) mass is 416 g/mol.